The van der Waals surface area contributed by atoms with Crippen LogP contribution in [0.5, 0.6) is 5.75 Å². The van der Waals surface area contributed by atoms with Crippen LogP contribution in [-0.4, -0.2) is 32.2 Å². The fourth-order valence-corrected chi connectivity index (χ4v) is 3.43. The summed E-state index contributed by atoms with van der Waals surface area (Å²) in [5.74, 6) is -0.403. The van der Waals surface area contributed by atoms with E-state index in [1.54, 1.807) is 6.20 Å². The van der Waals surface area contributed by atoms with Crippen LogP contribution in [0.15, 0.2) is 55.0 Å². The van der Waals surface area contributed by atoms with Gasteiger partial charge in [-0.05, 0) is 42.5 Å². The van der Waals surface area contributed by atoms with E-state index >= 15 is 0 Å². The van der Waals surface area contributed by atoms with Crippen molar-refractivity contribution in [3.05, 3.63) is 66.1 Å². The molecule has 6 heteroatoms. The molecule has 0 bridgehead atoms. The summed E-state index contributed by atoms with van der Waals surface area (Å²) in [4.78, 5) is 20.9. The number of rotatable bonds is 4. The second-order valence-corrected chi connectivity index (χ2v) is 6.69. The highest BCUT2D eigenvalue weighted by molar-refractivity contribution is 5.96. The van der Waals surface area contributed by atoms with Crippen LogP contribution in [0, 0.1) is 5.92 Å². The molecule has 0 aliphatic heterocycles. The molecule has 1 aliphatic carbocycles. The van der Waals surface area contributed by atoms with Gasteiger partial charge in [0.15, 0.2) is 0 Å². The summed E-state index contributed by atoms with van der Waals surface area (Å²) < 4.78 is 0. The Labute approximate surface area is 150 Å². The molecule has 0 radical (unpaired) electrons. The lowest BCUT2D eigenvalue weighted by Gasteiger charge is -2.38. The molecule has 1 fully saturated rings. The molecule has 1 saturated carbocycles. The first-order valence-electron chi connectivity index (χ1n) is 8.58. The van der Waals surface area contributed by atoms with Gasteiger partial charge in [-0.3, -0.25) is 14.8 Å². The third-order valence-electron chi connectivity index (χ3n) is 4.92. The number of carbonyl (C=O) groups is 1. The van der Waals surface area contributed by atoms with Crippen LogP contribution in [0.1, 0.15) is 34.8 Å². The van der Waals surface area contributed by atoms with E-state index in [9.17, 15) is 15.0 Å². The molecule has 6 nitrogen and oxygen atoms in total. The van der Waals surface area contributed by atoms with Crippen molar-refractivity contribution in [3.63, 3.8) is 0 Å². The molecule has 3 N–H and O–H groups in total. The van der Waals surface area contributed by atoms with Crippen LogP contribution in [0.2, 0.25) is 0 Å². The van der Waals surface area contributed by atoms with Gasteiger partial charge in [0.1, 0.15) is 5.75 Å². The minimum Gasteiger partial charge on any atom is -0.505 e. The van der Waals surface area contributed by atoms with E-state index in [0.717, 1.165) is 16.5 Å². The van der Waals surface area contributed by atoms with E-state index in [0.29, 0.717) is 12.8 Å². The van der Waals surface area contributed by atoms with Crippen molar-refractivity contribution in [2.75, 3.05) is 0 Å². The average Bonchev–Trinajstić information content (AvgIpc) is 2.63. The SMILES string of the molecule is O=C(N[C@@H](c1cnc2ccccc2c1)C1CC(O)C1)c1ccncc1O. The van der Waals surface area contributed by atoms with Crippen molar-refractivity contribution in [1.82, 2.24) is 15.3 Å². The Morgan fingerprint density at radius 2 is 2.00 bits per heavy atom. The van der Waals surface area contributed by atoms with Gasteiger partial charge in [0.05, 0.1) is 29.4 Å². The lowest BCUT2D eigenvalue weighted by Crippen LogP contribution is -2.41. The van der Waals surface area contributed by atoms with E-state index in [-0.39, 0.29) is 35.3 Å². The molecule has 4 rings (SSSR count). The summed E-state index contributed by atoms with van der Waals surface area (Å²) in [6.07, 6.45) is 5.40. The standard InChI is InChI=1S/C20H19N3O3/c24-15-8-13(9-15)19(23-20(26)16-5-6-21-11-18(16)25)14-7-12-3-1-2-4-17(12)22-10-14/h1-7,10-11,13,15,19,24-25H,8-9H2,(H,23,26)/t13?,15?,19-/m1/s1. The van der Waals surface area contributed by atoms with Gasteiger partial charge in [-0.2, -0.15) is 0 Å². The first-order chi connectivity index (χ1) is 12.6. The number of carbonyl (C=O) groups excluding carboxylic acids is 1. The molecule has 26 heavy (non-hydrogen) atoms. The monoisotopic (exact) mass is 349 g/mol. The number of fused-ring (bicyclic) bond motifs is 1. The number of pyridine rings is 2. The molecular formula is C20H19N3O3. The third kappa shape index (κ3) is 3.11. The number of hydrogen-bond donors (Lipinski definition) is 3. The smallest absolute Gasteiger partial charge is 0.255 e. The number of hydrogen-bond acceptors (Lipinski definition) is 5. The Bertz CT molecular complexity index is 954. The Hall–Kier alpha value is -2.99. The van der Waals surface area contributed by atoms with Crippen LogP contribution in [-0.2, 0) is 0 Å². The summed E-state index contributed by atoms with van der Waals surface area (Å²) in [6, 6.07) is 11.0. The molecule has 0 unspecified atom stereocenters. The first kappa shape index (κ1) is 16.5. The Kier molecular flexibility index (Phi) is 4.26. The maximum absolute atomic E-state index is 12.7. The highest BCUT2D eigenvalue weighted by atomic mass is 16.3. The summed E-state index contributed by atoms with van der Waals surface area (Å²) in [6.45, 7) is 0. The molecule has 132 valence electrons. The van der Waals surface area contributed by atoms with Gasteiger partial charge in [0, 0.05) is 17.8 Å². The number of amides is 1. The summed E-state index contributed by atoms with van der Waals surface area (Å²) in [5.41, 5.74) is 1.96. The van der Waals surface area contributed by atoms with Crippen molar-refractivity contribution in [3.8, 4) is 5.75 Å². The topological polar surface area (TPSA) is 95.3 Å². The molecule has 3 aromatic rings. The lowest BCUT2D eigenvalue weighted by atomic mass is 9.75. The zero-order valence-electron chi connectivity index (χ0n) is 14.0. The van der Waals surface area contributed by atoms with Gasteiger partial charge in [0.25, 0.3) is 5.91 Å². The number of benzene rings is 1. The number of aromatic hydroxyl groups is 1. The normalized spacial score (nSPS) is 20.3. The largest absolute Gasteiger partial charge is 0.505 e. The number of aliphatic hydroxyl groups excluding tert-OH is 1. The van der Waals surface area contributed by atoms with Crippen LogP contribution in [0.3, 0.4) is 0 Å². The minimum atomic E-state index is -0.371. The number of nitrogens with zero attached hydrogens (tertiary/aromatic N) is 2. The van der Waals surface area contributed by atoms with Crippen molar-refractivity contribution in [2.24, 2.45) is 5.92 Å². The molecule has 0 saturated heterocycles. The number of nitrogens with one attached hydrogen (secondary N) is 1. The highest BCUT2D eigenvalue weighted by Crippen LogP contribution is 2.38. The fourth-order valence-electron chi connectivity index (χ4n) is 3.43. The second-order valence-electron chi connectivity index (χ2n) is 6.69. The zero-order chi connectivity index (χ0) is 18.1. The Morgan fingerprint density at radius 3 is 2.77 bits per heavy atom. The predicted octanol–water partition coefficient (Wildman–Crippen LogP) is 2.58. The maximum atomic E-state index is 12.7. The van der Waals surface area contributed by atoms with Crippen LogP contribution in [0.25, 0.3) is 10.9 Å². The minimum absolute atomic E-state index is 0.126. The molecule has 1 amide bonds. The molecule has 1 atom stereocenters. The van der Waals surface area contributed by atoms with Gasteiger partial charge in [0.2, 0.25) is 0 Å². The summed E-state index contributed by atoms with van der Waals surface area (Å²) >= 11 is 0. The molecule has 1 aliphatic rings. The van der Waals surface area contributed by atoms with Crippen LogP contribution < -0.4 is 5.32 Å². The molecule has 2 heterocycles. The molecule has 2 aromatic heterocycles. The van der Waals surface area contributed by atoms with Gasteiger partial charge in [-0.1, -0.05) is 18.2 Å². The van der Waals surface area contributed by atoms with Crippen molar-refractivity contribution in [1.29, 1.82) is 0 Å². The average molecular weight is 349 g/mol. The van der Waals surface area contributed by atoms with E-state index in [1.165, 1.54) is 18.5 Å². The van der Waals surface area contributed by atoms with Gasteiger partial charge >= 0.3 is 0 Å². The maximum Gasteiger partial charge on any atom is 0.255 e. The summed E-state index contributed by atoms with van der Waals surface area (Å²) in [7, 11) is 0. The van der Waals surface area contributed by atoms with Crippen LogP contribution >= 0.6 is 0 Å². The summed E-state index contributed by atoms with van der Waals surface area (Å²) in [5, 5.41) is 23.6. The van der Waals surface area contributed by atoms with Gasteiger partial charge in [-0.25, -0.2) is 0 Å². The van der Waals surface area contributed by atoms with Gasteiger partial charge < -0.3 is 15.5 Å². The van der Waals surface area contributed by atoms with Crippen molar-refractivity contribution >= 4 is 16.8 Å². The quantitative estimate of drug-likeness (QED) is 0.673. The fraction of sp³-hybridized carbons (Fsp3) is 0.250. The zero-order valence-corrected chi connectivity index (χ0v) is 14.0. The first-order valence-corrected chi connectivity index (χ1v) is 8.58. The van der Waals surface area contributed by atoms with E-state index < -0.39 is 0 Å². The lowest BCUT2D eigenvalue weighted by molar-refractivity contribution is 0.0234. The molecule has 0 spiro atoms. The van der Waals surface area contributed by atoms with E-state index in [2.05, 4.69) is 15.3 Å². The molecule has 1 aromatic carbocycles. The number of para-hydroxylation sites is 1. The van der Waals surface area contributed by atoms with E-state index in [1.807, 2.05) is 30.3 Å². The highest BCUT2D eigenvalue weighted by Gasteiger charge is 2.36. The molecular weight excluding hydrogens is 330 g/mol. The van der Waals surface area contributed by atoms with Crippen molar-refractivity contribution in [2.45, 2.75) is 25.0 Å². The predicted molar refractivity (Wildman–Crippen MR) is 96.6 cm³/mol. The second kappa shape index (κ2) is 6.72. The van der Waals surface area contributed by atoms with E-state index in [4.69, 9.17) is 0 Å². The number of aliphatic hydroxyl groups is 1. The number of aromatic nitrogens is 2. The van der Waals surface area contributed by atoms with Crippen LogP contribution in [0.4, 0.5) is 0 Å². The van der Waals surface area contributed by atoms with Crippen molar-refractivity contribution < 1.29 is 15.0 Å². The Balaban J connectivity index is 1.65. The van der Waals surface area contributed by atoms with Gasteiger partial charge in [-0.15, -0.1) is 0 Å². The third-order valence-corrected chi connectivity index (χ3v) is 4.92. The Morgan fingerprint density at radius 1 is 1.19 bits per heavy atom.